The molecule has 1 fully saturated rings. The van der Waals surface area contributed by atoms with Crippen LogP contribution in [0.1, 0.15) is 11.8 Å². The zero-order valence-electron chi connectivity index (χ0n) is 12.8. The summed E-state index contributed by atoms with van der Waals surface area (Å²) in [6.45, 7) is 6.13. The number of nitrogens with zero attached hydrogens (tertiary/aromatic N) is 2. The second-order valence-corrected chi connectivity index (χ2v) is 7.06. The maximum absolute atomic E-state index is 11.9. The smallest absolute Gasteiger partial charge is 0.321 e. The van der Waals surface area contributed by atoms with Crippen molar-refractivity contribution in [3.8, 4) is 0 Å². The Balaban J connectivity index is 1.78. The fraction of sp³-hybridized carbons (Fsp3) is 0.571. The van der Waals surface area contributed by atoms with E-state index < -0.39 is 6.03 Å². The normalized spacial score (nSPS) is 18.0. The number of piperazine rings is 1. The third-order valence-corrected chi connectivity index (χ3v) is 5.02. The molecule has 2 rings (SSSR count). The van der Waals surface area contributed by atoms with Crippen molar-refractivity contribution in [2.24, 2.45) is 0 Å². The average molecular weight is 345 g/mol. The van der Waals surface area contributed by atoms with Crippen LogP contribution in [0.15, 0.2) is 12.1 Å². The van der Waals surface area contributed by atoms with Crippen LogP contribution in [0, 0.1) is 0 Å². The van der Waals surface area contributed by atoms with Crippen LogP contribution in [-0.4, -0.2) is 61.0 Å². The van der Waals surface area contributed by atoms with E-state index in [1.165, 1.54) is 11.9 Å². The summed E-state index contributed by atoms with van der Waals surface area (Å²) in [7, 11) is 1.49. The summed E-state index contributed by atoms with van der Waals surface area (Å²) < 4.78 is 0.813. The van der Waals surface area contributed by atoms with Gasteiger partial charge < -0.3 is 5.32 Å². The van der Waals surface area contributed by atoms with E-state index in [4.69, 9.17) is 11.6 Å². The molecule has 2 heterocycles. The molecule has 0 radical (unpaired) electrons. The van der Waals surface area contributed by atoms with Crippen molar-refractivity contribution in [3.63, 3.8) is 0 Å². The number of nitrogens with one attached hydrogen (secondary N) is 2. The van der Waals surface area contributed by atoms with E-state index in [0.29, 0.717) is 0 Å². The monoisotopic (exact) mass is 344 g/mol. The first-order chi connectivity index (χ1) is 10.5. The van der Waals surface area contributed by atoms with Crippen molar-refractivity contribution in [2.75, 3.05) is 33.2 Å². The molecule has 1 aliphatic rings. The summed E-state index contributed by atoms with van der Waals surface area (Å²) in [6.07, 6.45) is 0. The number of carbonyl (C=O) groups is 2. The zero-order chi connectivity index (χ0) is 16.1. The van der Waals surface area contributed by atoms with Crippen LogP contribution in [-0.2, 0) is 11.3 Å². The van der Waals surface area contributed by atoms with Gasteiger partial charge in [0.15, 0.2) is 0 Å². The minimum Gasteiger partial charge on any atom is -0.341 e. The van der Waals surface area contributed by atoms with Crippen LogP contribution < -0.4 is 10.6 Å². The molecule has 1 aromatic rings. The van der Waals surface area contributed by atoms with Crippen LogP contribution in [0.25, 0.3) is 0 Å². The molecule has 1 saturated heterocycles. The van der Waals surface area contributed by atoms with E-state index in [1.54, 1.807) is 11.3 Å². The van der Waals surface area contributed by atoms with Gasteiger partial charge in [-0.3, -0.25) is 19.9 Å². The minimum atomic E-state index is -0.468. The molecule has 0 aliphatic carbocycles. The van der Waals surface area contributed by atoms with Crippen molar-refractivity contribution in [2.45, 2.75) is 19.5 Å². The molecule has 0 bridgehead atoms. The quantitative estimate of drug-likeness (QED) is 0.865. The highest BCUT2D eigenvalue weighted by Crippen LogP contribution is 2.23. The number of hydrogen-bond donors (Lipinski definition) is 2. The Hall–Kier alpha value is -1.15. The molecule has 0 saturated carbocycles. The molecule has 122 valence electrons. The number of imide groups is 1. The van der Waals surface area contributed by atoms with Gasteiger partial charge in [0, 0.05) is 44.6 Å². The van der Waals surface area contributed by atoms with Crippen LogP contribution in [0.3, 0.4) is 0 Å². The van der Waals surface area contributed by atoms with Gasteiger partial charge in [-0.25, -0.2) is 4.79 Å². The van der Waals surface area contributed by atoms with Crippen molar-refractivity contribution >= 4 is 34.9 Å². The summed E-state index contributed by atoms with van der Waals surface area (Å²) in [5.74, 6) is -0.266. The summed E-state index contributed by atoms with van der Waals surface area (Å²) in [5.41, 5.74) is 0. The van der Waals surface area contributed by atoms with Crippen LogP contribution in [0.4, 0.5) is 4.79 Å². The van der Waals surface area contributed by atoms with Crippen molar-refractivity contribution in [1.82, 2.24) is 20.4 Å². The molecule has 8 heteroatoms. The number of amides is 3. The van der Waals surface area contributed by atoms with Gasteiger partial charge in [-0.2, -0.15) is 0 Å². The van der Waals surface area contributed by atoms with E-state index in [1.807, 2.05) is 13.0 Å². The Morgan fingerprint density at radius 1 is 1.32 bits per heavy atom. The van der Waals surface area contributed by atoms with E-state index in [-0.39, 0.29) is 11.9 Å². The Morgan fingerprint density at radius 2 is 2.00 bits per heavy atom. The number of thiophene rings is 1. The van der Waals surface area contributed by atoms with Gasteiger partial charge >= 0.3 is 6.03 Å². The van der Waals surface area contributed by atoms with Gasteiger partial charge in [0.2, 0.25) is 5.91 Å². The van der Waals surface area contributed by atoms with Gasteiger partial charge in [-0.1, -0.05) is 11.6 Å². The first-order valence-corrected chi connectivity index (χ1v) is 8.42. The highest BCUT2D eigenvalue weighted by Gasteiger charge is 2.26. The largest absolute Gasteiger partial charge is 0.341 e. The Morgan fingerprint density at radius 3 is 2.55 bits per heavy atom. The SMILES string of the molecule is CNC(=O)NC(=O)[C@@H](C)N1CCN(Cc2ccc(Cl)s2)CC1. The second-order valence-electron chi connectivity index (χ2n) is 5.26. The summed E-state index contributed by atoms with van der Waals surface area (Å²) in [5, 5.41) is 4.71. The Bertz CT molecular complexity index is 529. The second kappa shape index (κ2) is 7.92. The lowest BCUT2D eigenvalue weighted by atomic mass is 10.2. The molecule has 0 unspecified atom stereocenters. The van der Waals surface area contributed by atoms with Gasteiger partial charge in [-0.05, 0) is 19.1 Å². The summed E-state index contributed by atoms with van der Waals surface area (Å²) in [6, 6.07) is 3.20. The lowest BCUT2D eigenvalue weighted by molar-refractivity contribution is -0.125. The highest BCUT2D eigenvalue weighted by molar-refractivity contribution is 7.16. The highest BCUT2D eigenvalue weighted by atomic mass is 35.5. The third kappa shape index (κ3) is 4.67. The molecule has 0 aromatic carbocycles. The van der Waals surface area contributed by atoms with Gasteiger partial charge in [0.1, 0.15) is 0 Å². The molecule has 22 heavy (non-hydrogen) atoms. The van der Waals surface area contributed by atoms with E-state index in [2.05, 4.69) is 26.5 Å². The van der Waals surface area contributed by atoms with E-state index in [9.17, 15) is 9.59 Å². The molecule has 3 amide bonds. The molecule has 1 atom stereocenters. The van der Waals surface area contributed by atoms with Gasteiger partial charge in [-0.15, -0.1) is 11.3 Å². The standard InChI is InChI=1S/C14H21ClN4O2S/c1-10(13(20)17-14(21)16-2)19-7-5-18(6-8-19)9-11-3-4-12(15)22-11/h3-4,10H,5-9H2,1-2H3,(H2,16,17,20,21)/t10-/m1/s1. The number of rotatable bonds is 4. The first kappa shape index (κ1) is 17.2. The molecular formula is C14H21ClN4O2S. The molecule has 1 aliphatic heterocycles. The number of carbonyl (C=O) groups excluding carboxylic acids is 2. The van der Waals surface area contributed by atoms with Crippen molar-refractivity contribution in [3.05, 3.63) is 21.3 Å². The number of urea groups is 1. The molecule has 0 spiro atoms. The minimum absolute atomic E-state index is 0.266. The maximum atomic E-state index is 11.9. The maximum Gasteiger partial charge on any atom is 0.321 e. The van der Waals surface area contributed by atoms with Gasteiger partial charge in [0.05, 0.1) is 10.4 Å². The van der Waals surface area contributed by atoms with Crippen molar-refractivity contribution < 1.29 is 9.59 Å². The van der Waals surface area contributed by atoms with E-state index >= 15 is 0 Å². The molecule has 1 aromatic heterocycles. The lowest BCUT2D eigenvalue weighted by Gasteiger charge is -2.37. The first-order valence-electron chi connectivity index (χ1n) is 7.23. The Labute approximate surface area is 139 Å². The topological polar surface area (TPSA) is 64.7 Å². The van der Waals surface area contributed by atoms with Crippen LogP contribution in [0.2, 0.25) is 4.34 Å². The number of hydrogen-bond acceptors (Lipinski definition) is 5. The predicted molar refractivity (Wildman–Crippen MR) is 88.2 cm³/mol. The Kier molecular flexibility index (Phi) is 6.19. The predicted octanol–water partition coefficient (Wildman–Crippen LogP) is 1.36. The lowest BCUT2D eigenvalue weighted by Crippen LogP contribution is -2.55. The van der Waals surface area contributed by atoms with E-state index in [0.717, 1.165) is 37.1 Å². The number of halogens is 1. The van der Waals surface area contributed by atoms with Crippen molar-refractivity contribution in [1.29, 1.82) is 0 Å². The molecule has 2 N–H and O–H groups in total. The fourth-order valence-corrected chi connectivity index (χ4v) is 3.54. The average Bonchev–Trinajstić information content (AvgIpc) is 2.92. The fourth-order valence-electron chi connectivity index (χ4n) is 2.41. The molecule has 6 nitrogen and oxygen atoms in total. The zero-order valence-corrected chi connectivity index (χ0v) is 14.3. The summed E-state index contributed by atoms with van der Waals surface area (Å²) in [4.78, 5) is 28.8. The van der Waals surface area contributed by atoms with Crippen LogP contribution in [0.5, 0.6) is 0 Å². The van der Waals surface area contributed by atoms with Gasteiger partial charge in [0.25, 0.3) is 0 Å². The molecular weight excluding hydrogens is 324 g/mol. The third-order valence-electron chi connectivity index (χ3n) is 3.81. The summed E-state index contributed by atoms with van der Waals surface area (Å²) >= 11 is 7.55. The van der Waals surface area contributed by atoms with Crippen LogP contribution >= 0.6 is 22.9 Å².